The van der Waals surface area contributed by atoms with Gasteiger partial charge >= 0.3 is 0 Å². The van der Waals surface area contributed by atoms with Gasteiger partial charge < -0.3 is 0 Å². The van der Waals surface area contributed by atoms with Crippen molar-refractivity contribution in [2.75, 3.05) is 0 Å². The van der Waals surface area contributed by atoms with Gasteiger partial charge in [0.15, 0.2) is 0 Å². The minimum absolute atomic E-state index is 0.646. The van der Waals surface area contributed by atoms with Crippen LogP contribution in [0.3, 0.4) is 0 Å². The molecule has 21 heavy (non-hydrogen) atoms. The SMILES string of the molecule is O=S(I)c1cc(C2CCCCC2)ccc1C1CCCCC1. The van der Waals surface area contributed by atoms with E-state index in [0.717, 1.165) is 4.90 Å². The molecule has 0 radical (unpaired) electrons. The van der Waals surface area contributed by atoms with Crippen molar-refractivity contribution < 1.29 is 4.21 Å². The Bertz CT molecular complexity index is 502. The van der Waals surface area contributed by atoms with Crippen molar-refractivity contribution in [3.8, 4) is 0 Å². The summed E-state index contributed by atoms with van der Waals surface area (Å²) >= 11 is 2.09. The van der Waals surface area contributed by atoms with Crippen molar-refractivity contribution in [1.29, 1.82) is 0 Å². The van der Waals surface area contributed by atoms with Crippen LogP contribution in [0.15, 0.2) is 23.1 Å². The smallest absolute Gasteiger partial charge is 0.116 e. The monoisotopic (exact) mass is 416 g/mol. The van der Waals surface area contributed by atoms with Crippen LogP contribution in [0.25, 0.3) is 0 Å². The number of rotatable bonds is 3. The average molecular weight is 416 g/mol. The molecule has 0 heterocycles. The van der Waals surface area contributed by atoms with Gasteiger partial charge in [-0.3, -0.25) is 0 Å². The molecule has 2 fully saturated rings. The molecule has 0 amide bonds. The maximum atomic E-state index is 12.2. The highest BCUT2D eigenvalue weighted by molar-refractivity contribution is 14.2. The van der Waals surface area contributed by atoms with Crippen LogP contribution in [-0.2, 0) is 7.97 Å². The molecule has 2 aliphatic carbocycles. The molecule has 0 aromatic heterocycles. The Hall–Kier alpha value is 0.1000. The van der Waals surface area contributed by atoms with Crippen LogP contribution in [-0.4, -0.2) is 4.21 Å². The number of hydrogen-bond acceptors (Lipinski definition) is 1. The van der Waals surface area contributed by atoms with E-state index in [1.807, 2.05) is 0 Å². The van der Waals surface area contributed by atoms with Crippen molar-refractivity contribution in [2.45, 2.75) is 80.9 Å². The molecular formula is C18H25IOS. The lowest BCUT2D eigenvalue weighted by Crippen LogP contribution is -2.09. The maximum absolute atomic E-state index is 12.2. The molecule has 3 heteroatoms. The van der Waals surface area contributed by atoms with E-state index in [4.69, 9.17) is 0 Å². The fourth-order valence-corrected chi connectivity index (χ4v) is 5.92. The second-order valence-corrected chi connectivity index (χ2v) is 9.98. The summed E-state index contributed by atoms with van der Waals surface area (Å²) in [4.78, 5) is 1.12. The molecule has 0 spiro atoms. The molecule has 0 saturated heterocycles. The van der Waals surface area contributed by atoms with Crippen LogP contribution < -0.4 is 0 Å². The van der Waals surface area contributed by atoms with E-state index < -0.39 is 7.97 Å². The van der Waals surface area contributed by atoms with Gasteiger partial charge in [0.05, 0.1) is 4.90 Å². The van der Waals surface area contributed by atoms with E-state index in [1.54, 1.807) is 0 Å². The predicted octanol–water partition coefficient (Wildman–Crippen LogP) is 6.24. The summed E-state index contributed by atoms with van der Waals surface area (Å²) in [7, 11) is -0.887. The van der Waals surface area contributed by atoms with E-state index in [9.17, 15) is 4.21 Å². The molecule has 1 atom stereocenters. The highest BCUT2D eigenvalue weighted by Gasteiger charge is 2.22. The third kappa shape index (κ3) is 3.90. The first-order valence-corrected chi connectivity index (χ1v) is 12.2. The number of hydrogen-bond donors (Lipinski definition) is 0. The summed E-state index contributed by atoms with van der Waals surface area (Å²) in [6.45, 7) is 0. The lowest BCUT2D eigenvalue weighted by molar-refractivity contribution is 0.435. The molecule has 2 saturated carbocycles. The fraction of sp³-hybridized carbons (Fsp3) is 0.667. The Morgan fingerprint density at radius 1 is 0.857 bits per heavy atom. The molecule has 2 aliphatic rings. The van der Waals surface area contributed by atoms with Crippen molar-refractivity contribution in [3.63, 3.8) is 0 Å². The zero-order valence-electron chi connectivity index (χ0n) is 12.7. The minimum Gasteiger partial charge on any atom is -0.243 e. The van der Waals surface area contributed by atoms with Crippen LogP contribution in [0.1, 0.15) is 87.2 Å². The van der Waals surface area contributed by atoms with E-state index in [2.05, 4.69) is 39.4 Å². The van der Waals surface area contributed by atoms with Crippen molar-refractivity contribution in [3.05, 3.63) is 29.3 Å². The molecule has 1 aromatic rings. The average Bonchev–Trinajstić information content (AvgIpc) is 2.56. The highest BCUT2D eigenvalue weighted by atomic mass is 127. The summed E-state index contributed by atoms with van der Waals surface area (Å²) in [5.74, 6) is 1.35. The van der Waals surface area contributed by atoms with Crippen LogP contribution in [0.2, 0.25) is 0 Å². The Labute approximate surface area is 143 Å². The summed E-state index contributed by atoms with van der Waals surface area (Å²) in [6, 6.07) is 6.93. The van der Waals surface area contributed by atoms with E-state index in [0.29, 0.717) is 11.8 Å². The summed E-state index contributed by atoms with van der Waals surface area (Å²) < 4.78 is 12.2. The second-order valence-electron chi connectivity index (χ2n) is 6.69. The van der Waals surface area contributed by atoms with Gasteiger partial charge in [-0.2, -0.15) is 0 Å². The number of benzene rings is 1. The van der Waals surface area contributed by atoms with E-state index in [-0.39, 0.29) is 0 Å². The van der Waals surface area contributed by atoms with Gasteiger partial charge in [-0.25, -0.2) is 4.21 Å². The molecule has 0 aliphatic heterocycles. The summed E-state index contributed by atoms with van der Waals surface area (Å²) in [5, 5.41) is 0. The first kappa shape index (κ1) is 16.0. The molecule has 3 rings (SSSR count). The highest BCUT2D eigenvalue weighted by Crippen LogP contribution is 2.39. The predicted molar refractivity (Wildman–Crippen MR) is 98.5 cm³/mol. The second kappa shape index (κ2) is 7.58. The van der Waals surface area contributed by atoms with Crippen molar-refractivity contribution >= 4 is 29.2 Å². The van der Waals surface area contributed by atoms with Gasteiger partial charge in [0.2, 0.25) is 0 Å². The Kier molecular flexibility index (Phi) is 5.77. The maximum Gasteiger partial charge on any atom is 0.116 e. The first-order valence-electron chi connectivity index (χ1n) is 8.47. The van der Waals surface area contributed by atoms with Crippen molar-refractivity contribution in [1.82, 2.24) is 0 Å². The van der Waals surface area contributed by atoms with Crippen molar-refractivity contribution in [2.24, 2.45) is 0 Å². The van der Waals surface area contributed by atoms with Gasteiger partial charge in [-0.15, -0.1) is 0 Å². The molecule has 0 bridgehead atoms. The van der Waals surface area contributed by atoms with E-state index >= 15 is 0 Å². The van der Waals surface area contributed by atoms with Gasteiger partial charge in [0, 0.05) is 21.2 Å². The third-order valence-electron chi connectivity index (χ3n) is 5.33. The normalized spacial score (nSPS) is 23.1. The van der Waals surface area contributed by atoms with Gasteiger partial charge in [0.1, 0.15) is 7.97 Å². The molecular weight excluding hydrogens is 391 g/mol. The first-order chi connectivity index (χ1) is 10.3. The molecule has 1 unspecified atom stereocenters. The van der Waals surface area contributed by atoms with Gasteiger partial charge in [-0.1, -0.05) is 50.7 Å². The largest absolute Gasteiger partial charge is 0.243 e. The van der Waals surface area contributed by atoms with E-state index in [1.165, 1.54) is 75.3 Å². The zero-order valence-corrected chi connectivity index (χ0v) is 15.6. The van der Waals surface area contributed by atoms with Crippen LogP contribution in [0, 0.1) is 0 Å². The van der Waals surface area contributed by atoms with Crippen LogP contribution in [0.5, 0.6) is 0 Å². The molecule has 116 valence electrons. The molecule has 1 nitrogen and oxygen atoms in total. The quantitative estimate of drug-likeness (QED) is 0.421. The standard InChI is InChI=1S/C18H25IOS/c19-21(20)18-13-16(14-7-3-1-4-8-14)11-12-17(18)15-9-5-2-6-10-15/h11-15H,1-10H2. The third-order valence-corrected chi connectivity index (χ3v) is 7.45. The Morgan fingerprint density at radius 3 is 2.00 bits per heavy atom. The van der Waals surface area contributed by atoms with Gasteiger partial charge in [-0.05, 0) is 54.7 Å². The minimum atomic E-state index is -0.887. The summed E-state index contributed by atoms with van der Waals surface area (Å²) in [6.07, 6.45) is 13.3. The Balaban J connectivity index is 1.88. The fourth-order valence-electron chi connectivity index (χ4n) is 4.13. The molecule has 1 aromatic carbocycles. The summed E-state index contributed by atoms with van der Waals surface area (Å²) in [5.41, 5.74) is 2.82. The van der Waals surface area contributed by atoms with Crippen LogP contribution >= 0.6 is 21.2 Å². The number of halogens is 1. The van der Waals surface area contributed by atoms with Gasteiger partial charge in [0.25, 0.3) is 0 Å². The molecule has 0 N–H and O–H groups in total. The topological polar surface area (TPSA) is 17.1 Å². The lowest BCUT2D eigenvalue weighted by atomic mass is 9.81. The Morgan fingerprint density at radius 2 is 1.43 bits per heavy atom. The zero-order chi connectivity index (χ0) is 14.7. The van der Waals surface area contributed by atoms with Crippen LogP contribution in [0.4, 0.5) is 0 Å². The lowest BCUT2D eigenvalue weighted by Gasteiger charge is -2.26.